The topological polar surface area (TPSA) is 73.2 Å². The molecule has 1 unspecified atom stereocenters. The summed E-state index contributed by atoms with van der Waals surface area (Å²) >= 11 is 5.74. The quantitative estimate of drug-likeness (QED) is 0.634. The Morgan fingerprint density at radius 3 is 2.89 bits per heavy atom. The van der Waals surface area contributed by atoms with E-state index in [2.05, 4.69) is 10.3 Å². The Bertz CT molecular complexity index is 501. The van der Waals surface area contributed by atoms with Gasteiger partial charge >= 0.3 is 0 Å². The number of hydrogen-bond donors (Lipinski definition) is 1. The zero-order chi connectivity index (χ0) is 14.4. The number of carbonyl (C=O) groups excluding carboxylic acids is 1. The van der Waals surface area contributed by atoms with Crippen LogP contribution in [0.4, 0.5) is 0 Å². The minimum absolute atomic E-state index is 0.0117. The molecule has 1 amide bonds. The number of aromatic nitrogens is 2. The maximum atomic E-state index is 12.0. The Kier molecular flexibility index (Phi) is 5.82. The highest BCUT2D eigenvalue weighted by molar-refractivity contribution is 6.30. The van der Waals surface area contributed by atoms with Gasteiger partial charge in [0.1, 0.15) is 12.4 Å². The van der Waals surface area contributed by atoms with Gasteiger partial charge in [-0.25, -0.2) is 4.98 Å². The van der Waals surface area contributed by atoms with Gasteiger partial charge in [0.25, 0.3) is 5.56 Å². The van der Waals surface area contributed by atoms with Crippen LogP contribution in [0.25, 0.3) is 0 Å². The summed E-state index contributed by atoms with van der Waals surface area (Å²) < 4.78 is 6.09. The average molecular weight is 288 g/mol. The summed E-state index contributed by atoms with van der Waals surface area (Å²) in [5.41, 5.74) is -0.472. The first-order chi connectivity index (χ1) is 9.02. The summed E-state index contributed by atoms with van der Waals surface area (Å²) in [4.78, 5) is 27.7. The van der Waals surface area contributed by atoms with Crippen LogP contribution in [0.1, 0.15) is 32.7 Å². The second-order valence-corrected chi connectivity index (χ2v) is 4.46. The number of halogens is 1. The third kappa shape index (κ3) is 3.70. The minimum atomic E-state index is -0.664. The lowest BCUT2D eigenvalue weighted by molar-refractivity contribution is -0.123. The SMILES string of the molecule is CCCCNC(=O)C(C)n1cnc(Cl)c(OC)c1=O. The fourth-order valence-corrected chi connectivity index (χ4v) is 1.74. The molecule has 0 aliphatic rings. The van der Waals surface area contributed by atoms with Gasteiger partial charge in [0.2, 0.25) is 11.7 Å². The molecule has 0 aromatic carbocycles. The molecule has 0 saturated heterocycles. The number of nitrogens with zero attached hydrogens (tertiary/aromatic N) is 2. The molecule has 106 valence electrons. The van der Waals surface area contributed by atoms with Crippen LogP contribution >= 0.6 is 11.6 Å². The number of hydrogen-bond acceptors (Lipinski definition) is 4. The number of nitrogens with one attached hydrogen (secondary N) is 1. The van der Waals surface area contributed by atoms with E-state index in [9.17, 15) is 9.59 Å². The van der Waals surface area contributed by atoms with E-state index in [1.807, 2.05) is 6.92 Å². The molecule has 6 nitrogen and oxygen atoms in total. The van der Waals surface area contributed by atoms with Gasteiger partial charge < -0.3 is 10.1 Å². The van der Waals surface area contributed by atoms with Gasteiger partial charge in [-0.15, -0.1) is 0 Å². The van der Waals surface area contributed by atoms with Crippen LogP contribution in [0, 0.1) is 0 Å². The molecule has 0 spiro atoms. The Labute approximate surface area is 116 Å². The normalized spacial score (nSPS) is 12.0. The molecule has 1 N–H and O–H groups in total. The molecule has 1 aromatic rings. The number of rotatable bonds is 6. The van der Waals surface area contributed by atoms with Crippen molar-refractivity contribution < 1.29 is 9.53 Å². The van der Waals surface area contributed by atoms with Crippen LogP contribution in [-0.4, -0.2) is 29.1 Å². The Hall–Kier alpha value is -1.56. The van der Waals surface area contributed by atoms with Crippen molar-refractivity contribution in [2.24, 2.45) is 0 Å². The van der Waals surface area contributed by atoms with E-state index in [0.717, 1.165) is 12.8 Å². The molecule has 1 heterocycles. The monoisotopic (exact) mass is 287 g/mol. The molecule has 0 radical (unpaired) electrons. The molecule has 1 rings (SSSR count). The minimum Gasteiger partial charge on any atom is -0.489 e. The Morgan fingerprint density at radius 1 is 1.63 bits per heavy atom. The van der Waals surface area contributed by atoms with Crippen molar-refractivity contribution in [2.75, 3.05) is 13.7 Å². The van der Waals surface area contributed by atoms with Crippen molar-refractivity contribution in [1.82, 2.24) is 14.9 Å². The average Bonchev–Trinajstić information content (AvgIpc) is 2.39. The second kappa shape index (κ2) is 7.13. The van der Waals surface area contributed by atoms with E-state index < -0.39 is 11.6 Å². The summed E-state index contributed by atoms with van der Waals surface area (Å²) in [5, 5.41) is 2.75. The number of carbonyl (C=O) groups is 1. The molecular weight excluding hydrogens is 270 g/mol. The van der Waals surface area contributed by atoms with Gasteiger partial charge in [0.05, 0.1) is 7.11 Å². The molecule has 0 bridgehead atoms. The van der Waals surface area contributed by atoms with Crippen LogP contribution in [0.15, 0.2) is 11.1 Å². The number of unbranched alkanes of at least 4 members (excludes halogenated alkanes) is 1. The smallest absolute Gasteiger partial charge is 0.298 e. The fraction of sp³-hybridized carbons (Fsp3) is 0.583. The molecule has 0 saturated carbocycles. The fourth-order valence-electron chi connectivity index (χ4n) is 1.54. The number of methoxy groups -OCH3 is 1. The molecule has 1 atom stereocenters. The van der Waals surface area contributed by atoms with Gasteiger partial charge in [-0.3, -0.25) is 14.2 Å². The number of amides is 1. The molecule has 0 aliphatic heterocycles. The third-order valence-corrected chi connectivity index (χ3v) is 3.01. The van der Waals surface area contributed by atoms with Gasteiger partial charge in [0, 0.05) is 6.54 Å². The molecule has 7 heteroatoms. The van der Waals surface area contributed by atoms with E-state index in [-0.39, 0.29) is 16.8 Å². The maximum absolute atomic E-state index is 12.0. The lowest BCUT2D eigenvalue weighted by Gasteiger charge is -2.15. The largest absolute Gasteiger partial charge is 0.489 e. The summed E-state index contributed by atoms with van der Waals surface area (Å²) in [6.45, 7) is 4.25. The van der Waals surface area contributed by atoms with Crippen LogP contribution in [0.3, 0.4) is 0 Å². The van der Waals surface area contributed by atoms with Crippen molar-refractivity contribution >= 4 is 17.5 Å². The lowest BCUT2D eigenvalue weighted by Crippen LogP contribution is -2.36. The van der Waals surface area contributed by atoms with Crippen LogP contribution < -0.4 is 15.6 Å². The standard InChI is InChI=1S/C12H18ClN3O3/c1-4-5-6-14-11(17)8(2)16-7-15-10(13)9(19-3)12(16)18/h7-8H,4-6H2,1-3H3,(H,14,17). The molecule has 19 heavy (non-hydrogen) atoms. The molecule has 0 fully saturated rings. The molecule has 0 aliphatic carbocycles. The van der Waals surface area contributed by atoms with E-state index in [1.54, 1.807) is 6.92 Å². The van der Waals surface area contributed by atoms with Gasteiger partial charge in [-0.1, -0.05) is 24.9 Å². The van der Waals surface area contributed by atoms with Gasteiger partial charge in [-0.2, -0.15) is 0 Å². The first-order valence-corrected chi connectivity index (χ1v) is 6.49. The number of ether oxygens (including phenoxy) is 1. The highest BCUT2D eigenvalue weighted by Crippen LogP contribution is 2.16. The van der Waals surface area contributed by atoms with Crippen molar-refractivity contribution in [3.05, 3.63) is 21.8 Å². The van der Waals surface area contributed by atoms with Crippen LogP contribution in [0.2, 0.25) is 5.15 Å². The zero-order valence-corrected chi connectivity index (χ0v) is 12.0. The van der Waals surface area contributed by atoms with E-state index in [4.69, 9.17) is 16.3 Å². The van der Waals surface area contributed by atoms with E-state index in [1.165, 1.54) is 18.0 Å². The van der Waals surface area contributed by atoms with E-state index >= 15 is 0 Å². The zero-order valence-electron chi connectivity index (χ0n) is 11.3. The summed E-state index contributed by atoms with van der Waals surface area (Å²) in [5.74, 6) is -0.292. The van der Waals surface area contributed by atoms with E-state index in [0.29, 0.717) is 6.54 Å². The highest BCUT2D eigenvalue weighted by atomic mass is 35.5. The van der Waals surface area contributed by atoms with Gasteiger partial charge in [0.15, 0.2) is 5.15 Å². The Morgan fingerprint density at radius 2 is 2.32 bits per heavy atom. The molecule has 1 aromatic heterocycles. The van der Waals surface area contributed by atoms with Crippen LogP contribution in [0.5, 0.6) is 5.75 Å². The summed E-state index contributed by atoms with van der Waals surface area (Å²) in [6.07, 6.45) is 3.14. The summed E-state index contributed by atoms with van der Waals surface area (Å²) in [6, 6.07) is -0.664. The van der Waals surface area contributed by atoms with Crippen molar-refractivity contribution in [3.63, 3.8) is 0 Å². The maximum Gasteiger partial charge on any atom is 0.298 e. The van der Waals surface area contributed by atoms with Crippen LogP contribution in [-0.2, 0) is 4.79 Å². The predicted molar refractivity (Wildman–Crippen MR) is 72.7 cm³/mol. The predicted octanol–water partition coefficient (Wildman–Crippen LogP) is 1.38. The molecular formula is C12H18ClN3O3. The first-order valence-electron chi connectivity index (χ1n) is 6.11. The Balaban J connectivity index is 2.91. The lowest BCUT2D eigenvalue weighted by atomic mass is 10.3. The van der Waals surface area contributed by atoms with Crippen molar-refractivity contribution in [1.29, 1.82) is 0 Å². The second-order valence-electron chi connectivity index (χ2n) is 4.10. The highest BCUT2D eigenvalue weighted by Gasteiger charge is 2.19. The third-order valence-electron chi connectivity index (χ3n) is 2.74. The van der Waals surface area contributed by atoms with Crippen molar-refractivity contribution in [3.8, 4) is 5.75 Å². The van der Waals surface area contributed by atoms with Gasteiger partial charge in [-0.05, 0) is 13.3 Å². The first kappa shape index (κ1) is 15.5. The van der Waals surface area contributed by atoms with Crippen molar-refractivity contribution in [2.45, 2.75) is 32.7 Å². The summed E-state index contributed by atoms with van der Waals surface area (Å²) in [7, 11) is 1.33.